The van der Waals surface area contributed by atoms with Crippen molar-refractivity contribution >= 4 is 21.9 Å². The van der Waals surface area contributed by atoms with Crippen LogP contribution in [0.1, 0.15) is 29.6 Å². The van der Waals surface area contributed by atoms with Gasteiger partial charge in [-0.25, -0.2) is 4.79 Å². The summed E-state index contributed by atoms with van der Waals surface area (Å²) < 4.78 is 17.4. The van der Waals surface area contributed by atoms with E-state index >= 15 is 0 Å². The van der Waals surface area contributed by atoms with Gasteiger partial charge in [0, 0.05) is 18.4 Å². The Kier molecular flexibility index (Phi) is 4.65. The molecule has 1 N–H and O–H groups in total. The molecule has 7 atom stereocenters. The largest absolute Gasteiger partial charge is 0.456 e. The van der Waals surface area contributed by atoms with Gasteiger partial charge in [0.05, 0.1) is 5.56 Å². The number of hydrogen-bond acceptors (Lipinski definition) is 5. The first-order valence-electron chi connectivity index (χ1n) is 8.82. The Morgan fingerprint density at radius 3 is 2.68 bits per heavy atom. The van der Waals surface area contributed by atoms with E-state index in [2.05, 4.69) is 15.9 Å². The molecule has 1 saturated heterocycles. The van der Waals surface area contributed by atoms with E-state index in [1.54, 1.807) is 19.2 Å². The number of fused-ring (bicyclic) bond motifs is 3. The molecule has 3 aliphatic rings. The predicted octanol–water partition coefficient (Wildman–Crippen LogP) is 2.76. The average molecular weight is 411 g/mol. The highest BCUT2D eigenvalue weighted by Gasteiger charge is 2.68. The molecule has 2 saturated carbocycles. The van der Waals surface area contributed by atoms with Crippen molar-refractivity contribution in [3.8, 4) is 0 Å². The summed E-state index contributed by atoms with van der Waals surface area (Å²) in [6.45, 7) is 0. The monoisotopic (exact) mass is 410 g/mol. The molecule has 25 heavy (non-hydrogen) atoms. The molecule has 0 spiro atoms. The fourth-order valence-electron chi connectivity index (χ4n) is 4.89. The number of alkyl halides is 1. The third kappa shape index (κ3) is 2.65. The zero-order valence-electron chi connectivity index (χ0n) is 14.1. The molecule has 0 bridgehead atoms. The molecule has 1 aromatic carbocycles. The molecule has 0 unspecified atom stereocenters. The number of carbonyl (C=O) groups excluding carboxylic acids is 1. The molecule has 1 heterocycles. The van der Waals surface area contributed by atoms with E-state index in [0.29, 0.717) is 16.8 Å². The topological polar surface area (TPSA) is 65.0 Å². The first kappa shape index (κ1) is 17.5. The number of hydrogen-bond donors (Lipinski definition) is 1. The van der Waals surface area contributed by atoms with Crippen LogP contribution >= 0.6 is 15.9 Å². The lowest BCUT2D eigenvalue weighted by Crippen LogP contribution is -2.65. The van der Waals surface area contributed by atoms with Crippen molar-refractivity contribution in [1.29, 1.82) is 0 Å². The maximum absolute atomic E-state index is 12.6. The second-order valence-corrected chi connectivity index (χ2v) is 7.95. The Morgan fingerprint density at radius 2 is 2.08 bits per heavy atom. The maximum atomic E-state index is 12.6. The third-order valence-electron chi connectivity index (χ3n) is 6.22. The SMILES string of the molecule is CO[C@H]1O[C@H](CBr)[C@@H](OC(=O)c2ccccc2)[C@@H]2C[C@@H]3CC[C@@H]3[C@@]12O. The highest BCUT2D eigenvalue weighted by atomic mass is 79.9. The molecule has 3 fully saturated rings. The maximum Gasteiger partial charge on any atom is 0.338 e. The summed E-state index contributed by atoms with van der Waals surface area (Å²) in [6.07, 6.45) is 1.41. The van der Waals surface area contributed by atoms with Crippen LogP contribution in [0.5, 0.6) is 0 Å². The van der Waals surface area contributed by atoms with Gasteiger partial charge in [-0.05, 0) is 43.2 Å². The number of halogens is 1. The van der Waals surface area contributed by atoms with Crippen molar-refractivity contribution in [2.45, 2.75) is 43.4 Å². The van der Waals surface area contributed by atoms with Gasteiger partial charge in [0.2, 0.25) is 0 Å². The summed E-state index contributed by atoms with van der Waals surface area (Å²) in [7, 11) is 1.56. The van der Waals surface area contributed by atoms with Gasteiger partial charge in [-0.15, -0.1) is 0 Å². The molecule has 5 nitrogen and oxygen atoms in total. The molecule has 0 aromatic heterocycles. The van der Waals surface area contributed by atoms with Crippen LogP contribution in [0.3, 0.4) is 0 Å². The number of benzene rings is 1. The van der Waals surface area contributed by atoms with Crippen molar-refractivity contribution in [2.24, 2.45) is 17.8 Å². The lowest BCUT2D eigenvalue weighted by atomic mass is 9.68. The van der Waals surface area contributed by atoms with E-state index in [0.717, 1.165) is 19.3 Å². The number of methoxy groups -OCH3 is 1. The summed E-state index contributed by atoms with van der Waals surface area (Å²) >= 11 is 3.46. The predicted molar refractivity (Wildman–Crippen MR) is 94.4 cm³/mol. The van der Waals surface area contributed by atoms with Crippen LogP contribution in [0.4, 0.5) is 0 Å². The van der Waals surface area contributed by atoms with Gasteiger partial charge in [-0.1, -0.05) is 34.1 Å². The van der Waals surface area contributed by atoms with E-state index in [1.807, 2.05) is 18.2 Å². The van der Waals surface area contributed by atoms with Crippen molar-refractivity contribution in [1.82, 2.24) is 0 Å². The van der Waals surface area contributed by atoms with E-state index in [9.17, 15) is 9.90 Å². The summed E-state index contributed by atoms with van der Waals surface area (Å²) in [6, 6.07) is 8.94. The van der Waals surface area contributed by atoms with Gasteiger partial charge in [0.1, 0.15) is 17.8 Å². The molecule has 2 aliphatic carbocycles. The summed E-state index contributed by atoms with van der Waals surface area (Å²) in [5.74, 6) is 0.0800. The van der Waals surface area contributed by atoms with E-state index < -0.39 is 18.0 Å². The van der Waals surface area contributed by atoms with Gasteiger partial charge in [0.25, 0.3) is 0 Å². The van der Waals surface area contributed by atoms with Gasteiger partial charge in [-0.3, -0.25) is 0 Å². The molecule has 136 valence electrons. The number of esters is 1. The van der Waals surface area contributed by atoms with Crippen LogP contribution in [-0.2, 0) is 14.2 Å². The van der Waals surface area contributed by atoms with Crippen LogP contribution < -0.4 is 0 Å². The lowest BCUT2D eigenvalue weighted by molar-refractivity contribution is -0.322. The van der Waals surface area contributed by atoms with Crippen molar-refractivity contribution < 1.29 is 24.1 Å². The molecule has 0 radical (unpaired) electrons. The Labute approximate surface area is 155 Å². The van der Waals surface area contributed by atoms with E-state index in [-0.39, 0.29) is 23.9 Å². The van der Waals surface area contributed by atoms with Gasteiger partial charge < -0.3 is 19.3 Å². The van der Waals surface area contributed by atoms with Crippen molar-refractivity contribution in [2.75, 3.05) is 12.4 Å². The molecular formula is C19H23BrO5. The average Bonchev–Trinajstić information content (AvgIpc) is 2.81. The second-order valence-electron chi connectivity index (χ2n) is 7.31. The normalized spacial score (nSPS) is 42.2. The first-order valence-corrected chi connectivity index (χ1v) is 9.94. The zero-order chi connectivity index (χ0) is 17.6. The fraction of sp³-hybridized carbons (Fsp3) is 0.632. The molecular weight excluding hydrogens is 388 g/mol. The fourth-order valence-corrected chi connectivity index (χ4v) is 5.41. The minimum absolute atomic E-state index is 0.164. The minimum atomic E-state index is -1.09. The van der Waals surface area contributed by atoms with Crippen LogP contribution in [-0.4, -0.2) is 47.6 Å². The number of ether oxygens (including phenoxy) is 3. The first-order chi connectivity index (χ1) is 12.1. The summed E-state index contributed by atoms with van der Waals surface area (Å²) in [5.41, 5.74) is -0.577. The standard InChI is InChI=1S/C19H23BrO5/c1-23-18-19(22)13-8-7-12(13)9-14(19)16(15(10-20)24-18)25-17(21)11-5-3-2-4-6-11/h2-6,12-16,18,22H,7-10H2,1H3/t12-,13-,14-,15+,16-,18-,19-/m0/s1. The Bertz CT molecular complexity index is 638. The smallest absolute Gasteiger partial charge is 0.338 e. The van der Waals surface area contributed by atoms with Crippen LogP contribution in [0, 0.1) is 17.8 Å². The van der Waals surface area contributed by atoms with Crippen LogP contribution in [0.15, 0.2) is 30.3 Å². The summed E-state index contributed by atoms with van der Waals surface area (Å²) in [5, 5.41) is 12.0. The summed E-state index contributed by atoms with van der Waals surface area (Å²) in [4.78, 5) is 12.6. The van der Waals surface area contributed by atoms with Crippen LogP contribution in [0.25, 0.3) is 0 Å². The van der Waals surface area contributed by atoms with Crippen LogP contribution in [0.2, 0.25) is 0 Å². The number of carbonyl (C=O) groups is 1. The highest BCUT2D eigenvalue weighted by molar-refractivity contribution is 9.09. The number of rotatable bonds is 4. The van der Waals surface area contributed by atoms with Gasteiger partial charge >= 0.3 is 5.97 Å². The Morgan fingerprint density at radius 1 is 1.32 bits per heavy atom. The molecule has 1 aliphatic heterocycles. The van der Waals surface area contributed by atoms with Crippen molar-refractivity contribution in [3.05, 3.63) is 35.9 Å². The quantitative estimate of drug-likeness (QED) is 0.610. The number of aliphatic hydroxyl groups is 1. The van der Waals surface area contributed by atoms with Gasteiger partial charge in [0.15, 0.2) is 6.29 Å². The zero-order valence-corrected chi connectivity index (χ0v) is 15.7. The molecule has 6 heteroatoms. The minimum Gasteiger partial charge on any atom is -0.456 e. The second kappa shape index (κ2) is 6.65. The van der Waals surface area contributed by atoms with E-state index in [4.69, 9.17) is 14.2 Å². The van der Waals surface area contributed by atoms with E-state index in [1.165, 1.54) is 0 Å². The lowest BCUT2D eigenvalue weighted by Gasteiger charge is -2.51. The molecule has 0 amide bonds. The highest BCUT2D eigenvalue weighted by Crippen LogP contribution is 2.60. The molecule has 1 aromatic rings. The Balaban J connectivity index is 1.62. The third-order valence-corrected chi connectivity index (χ3v) is 6.86. The van der Waals surface area contributed by atoms with Gasteiger partial charge in [-0.2, -0.15) is 0 Å². The van der Waals surface area contributed by atoms with Crippen molar-refractivity contribution in [3.63, 3.8) is 0 Å². The molecule has 4 rings (SSSR count). The Hall–Kier alpha value is -0.950.